The number of carbonyl (C=O) groups is 1. The lowest BCUT2D eigenvalue weighted by Gasteiger charge is -2.28. The molecule has 1 aliphatic rings. The summed E-state index contributed by atoms with van der Waals surface area (Å²) < 4.78 is 5.32. The fraction of sp³-hybridized carbons (Fsp3) is 0.769. The van der Waals surface area contributed by atoms with E-state index in [1.54, 1.807) is 0 Å². The molecule has 0 bridgehead atoms. The Labute approximate surface area is 92.7 Å². The van der Waals surface area contributed by atoms with Crippen LogP contribution in [0.25, 0.3) is 0 Å². The van der Waals surface area contributed by atoms with Gasteiger partial charge in [0.1, 0.15) is 6.10 Å². The van der Waals surface area contributed by atoms with Crippen molar-refractivity contribution in [2.24, 2.45) is 11.3 Å². The van der Waals surface area contributed by atoms with Crippen molar-refractivity contribution in [2.75, 3.05) is 0 Å². The Kier molecular flexibility index (Phi) is 3.27. The van der Waals surface area contributed by atoms with Gasteiger partial charge in [-0.3, -0.25) is 4.79 Å². The summed E-state index contributed by atoms with van der Waals surface area (Å²) in [5.74, 6) is 0.351. The maximum absolute atomic E-state index is 11.0. The van der Waals surface area contributed by atoms with Crippen molar-refractivity contribution in [2.45, 2.75) is 54.1 Å². The van der Waals surface area contributed by atoms with Crippen molar-refractivity contribution < 1.29 is 9.53 Å². The third-order valence-electron chi connectivity index (χ3n) is 3.43. The highest BCUT2D eigenvalue weighted by molar-refractivity contribution is 5.66. The van der Waals surface area contributed by atoms with E-state index in [9.17, 15) is 4.79 Å². The topological polar surface area (TPSA) is 26.3 Å². The number of hydrogen-bond donors (Lipinski definition) is 0. The molecule has 0 N–H and O–H groups in total. The van der Waals surface area contributed by atoms with Crippen molar-refractivity contribution in [1.29, 1.82) is 0 Å². The first-order chi connectivity index (χ1) is 6.73. The van der Waals surface area contributed by atoms with E-state index in [0.717, 1.165) is 6.42 Å². The van der Waals surface area contributed by atoms with Crippen LogP contribution in [0.1, 0.15) is 48.0 Å². The molecule has 0 saturated heterocycles. The average Bonchev–Trinajstić information content (AvgIpc) is 2.30. The van der Waals surface area contributed by atoms with Crippen LogP contribution in [-0.4, -0.2) is 12.1 Å². The Morgan fingerprint density at radius 1 is 1.27 bits per heavy atom. The number of rotatable bonds is 1. The molecule has 0 fully saturated rings. The summed E-state index contributed by atoms with van der Waals surface area (Å²) in [7, 11) is 0. The molecular formula is C13H22O2. The Balaban J connectivity index is 2.83. The van der Waals surface area contributed by atoms with Gasteiger partial charge in [-0.25, -0.2) is 0 Å². The molecule has 1 rings (SSSR count). The lowest BCUT2D eigenvalue weighted by atomic mass is 9.77. The summed E-state index contributed by atoms with van der Waals surface area (Å²) in [6.45, 7) is 12.4. The van der Waals surface area contributed by atoms with Gasteiger partial charge in [-0.05, 0) is 37.2 Å². The van der Waals surface area contributed by atoms with Gasteiger partial charge in [0.05, 0.1) is 0 Å². The van der Waals surface area contributed by atoms with E-state index in [4.69, 9.17) is 4.74 Å². The van der Waals surface area contributed by atoms with Crippen molar-refractivity contribution >= 4 is 5.97 Å². The highest BCUT2D eigenvalue weighted by atomic mass is 16.5. The average molecular weight is 210 g/mol. The largest absolute Gasteiger partial charge is 0.458 e. The Morgan fingerprint density at radius 2 is 1.80 bits per heavy atom. The van der Waals surface area contributed by atoms with E-state index in [1.165, 1.54) is 18.1 Å². The lowest BCUT2D eigenvalue weighted by molar-refractivity contribution is -0.144. The second-order valence-electron chi connectivity index (χ2n) is 5.62. The zero-order valence-electron chi connectivity index (χ0n) is 10.7. The third-order valence-corrected chi connectivity index (χ3v) is 3.43. The molecule has 0 aromatic heterocycles. The molecular weight excluding hydrogens is 188 g/mol. The maximum atomic E-state index is 11.0. The van der Waals surface area contributed by atoms with Gasteiger partial charge >= 0.3 is 5.97 Å². The quantitative estimate of drug-likeness (QED) is 0.490. The zero-order chi connectivity index (χ0) is 11.8. The van der Waals surface area contributed by atoms with Gasteiger partial charge in [0.15, 0.2) is 0 Å². The first-order valence-corrected chi connectivity index (χ1v) is 5.58. The molecule has 0 radical (unpaired) electrons. The normalized spacial score (nSPS) is 27.1. The van der Waals surface area contributed by atoms with Gasteiger partial charge in [0, 0.05) is 6.92 Å². The standard InChI is InChI=1S/C13H22O2/c1-8-9(2)12(15-10(3)14)7-11(8)13(4,5)6/h11-12H,7H2,1-6H3. The van der Waals surface area contributed by atoms with Crippen molar-refractivity contribution in [3.05, 3.63) is 11.1 Å². The predicted octanol–water partition coefficient (Wildman–Crippen LogP) is 3.32. The van der Waals surface area contributed by atoms with Crippen LogP contribution in [0, 0.1) is 11.3 Å². The maximum Gasteiger partial charge on any atom is 0.303 e. The van der Waals surface area contributed by atoms with Crippen LogP contribution in [0.4, 0.5) is 0 Å². The number of esters is 1. The van der Waals surface area contributed by atoms with Crippen molar-refractivity contribution in [1.82, 2.24) is 0 Å². The summed E-state index contributed by atoms with van der Waals surface area (Å²) in [6, 6.07) is 0. The smallest absolute Gasteiger partial charge is 0.303 e. The van der Waals surface area contributed by atoms with Gasteiger partial charge in [-0.1, -0.05) is 26.3 Å². The van der Waals surface area contributed by atoms with E-state index in [2.05, 4.69) is 34.6 Å². The van der Waals surface area contributed by atoms with Crippen LogP contribution in [0.15, 0.2) is 11.1 Å². The lowest BCUT2D eigenvalue weighted by Crippen LogP contribution is -2.22. The minimum Gasteiger partial charge on any atom is -0.458 e. The van der Waals surface area contributed by atoms with Crippen LogP contribution in [0.3, 0.4) is 0 Å². The van der Waals surface area contributed by atoms with Gasteiger partial charge < -0.3 is 4.74 Å². The molecule has 1 aliphatic carbocycles. The summed E-state index contributed by atoms with van der Waals surface area (Å²) in [5, 5.41) is 0. The number of hydrogen-bond acceptors (Lipinski definition) is 2. The minimum atomic E-state index is -0.179. The van der Waals surface area contributed by atoms with E-state index < -0.39 is 0 Å². The van der Waals surface area contributed by atoms with E-state index in [0.29, 0.717) is 5.92 Å². The van der Waals surface area contributed by atoms with Crippen molar-refractivity contribution in [3.8, 4) is 0 Å². The molecule has 0 aliphatic heterocycles. The molecule has 0 saturated carbocycles. The second-order valence-corrected chi connectivity index (χ2v) is 5.62. The van der Waals surface area contributed by atoms with Gasteiger partial charge in [-0.2, -0.15) is 0 Å². The molecule has 0 amide bonds. The first-order valence-electron chi connectivity index (χ1n) is 5.58. The van der Waals surface area contributed by atoms with Crippen molar-refractivity contribution in [3.63, 3.8) is 0 Å². The van der Waals surface area contributed by atoms with Crippen LogP contribution >= 0.6 is 0 Å². The number of carbonyl (C=O) groups excluding carboxylic acids is 1. The molecule has 15 heavy (non-hydrogen) atoms. The summed E-state index contributed by atoms with van der Waals surface area (Å²) in [5.41, 5.74) is 2.89. The van der Waals surface area contributed by atoms with Gasteiger partial charge in [0.2, 0.25) is 0 Å². The number of ether oxygens (including phenoxy) is 1. The molecule has 0 spiro atoms. The molecule has 0 aromatic rings. The van der Waals surface area contributed by atoms with Gasteiger partial charge in [0.25, 0.3) is 0 Å². The number of allylic oxidation sites excluding steroid dienone is 1. The molecule has 86 valence electrons. The SMILES string of the molecule is CC(=O)OC1CC(C(C)(C)C)C(C)=C1C. The van der Waals surface area contributed by atoms with Crippen LogP contribution in [0.5, 0.6) is 0 Å². The fourth-order valence-corrected chi connectivity index (χ4v) is 2.44. The predicted molar refractivity (Wildman–Crippen MR) is 61.5 cm³/mol. The summed E-state index contributed by atoms with van der Waals surface area (Å²) >= 11 is 0. The Morgan fingerprint density at radius 3 is 2.13 bits per heavy atom. The molecule has 2 nitrogen and oxygen atoms in total. The highest BCUT2D eigenvalue weighted by Gasteiger charge is 2.37. The molecule has 2 unspecified atom stereocenters. The highest BCUT2D eigenvalue weighted by Crippen LogP contribution is 2.43. The summed E-state index contributed by atoms with van der Waals surface area (Å²) in [6.07, 6.45) is 0.951. The fourth-order valence-electron chi connectivity index (χ4n) is 2.44. The Bertz CT molecular complexity index is 294. The molecule has 0 aromatic carbocycles. The molecule has 2 atom stereocenters. The summed E-state index contributed by atoms with van der Waals surface area (Å²) in [4.78, 5) is 11.0. The molecule has 0 heterocycles. The van der Waals surface area contributed by atoms with Crippen LogP contribution in [0.2, 0.25) is 0 Å². The first kappa shape index (κ1) is 12.3. The third kappa shape index (κ3) is 2.61. The van der Waals surface area contributed by atoms with Crippen LogP contribution < -0.4 is 0 Å². The van der Waals surface area contributed by atoms with E-state index in [-0.39, 0.29) is 17.5 Å². The minimum absolute atomic E-state index is 0.00623. The molecule has 2 heteroatoms. The Hall–Kier alpha value is -0.790. The monoisotopic (exact) mass is 210 g/mol. The van der Waals surface area contributed by atoms with Crippen LogP contribution in [-0.2, 0) is 9.53 Å². The second kappa shape index (κ2) is 3.99. The van der Waals surface area contributed by atoms with E-state index in [1.807, 2.05) is 0 Å². The zero-order valence-corrected chi connectivity index (χ0v) is 10.7. The van der Waals surface area contributed by atoms with E-state index >= 15 is 0 Å². The van der Waals surface area contributed by atoms with Gasteiger partial charge in [-0.15, -0.1) is 0 Å².